The Labute approximate surface area is 108 Å². The molecule has 1 aromatic carbocycles. The zero-order chi connectivity index (χ0) is 14.0. The molecular formula is C14H21NO3. The summed E-state index contributed by atoms with van der Waals surface area (Å²) in [5, 5.41) is 18.0. The van der Waals surface area contributed by atoms with Crippen molar-refractivity contribution in [3.05, 3.63) is 48.6 Å². The summed E-state index contributed by atoms with van der Waals surface area (Å²) >= 11 is 0. The average Bonchev–Trinajstić information content (AvgIpc) is 2.30. The van der Waals surface area contributed by atoms with Crippen LogP contribution >= 0.6 is 0 Å². The molecule has 0 fully saturated rings. The number of quaternary nitrogens is 1. The van der Waals surface area contributed by atoms with Gasteiger partial charge in [0, 0.05) is 5.56 Å². The predicted octanol–water partition coefficient (Wildman–Crippen LogP) is 0.178. The number of hydrogen-bond acceptors (Lipinski definition) is 3. The van der Waals surface area contributed by atoms with E-state index in [0.717, 1.165) is 23.6 Å². The van der Waals surface area contributed by atoms with Crippen molar-refractivity contribution in [2.24, 2.45) is 0 Å². The molecule has 0 aliphatic carbocycles. The second-order valence-corrected chi connectivity index (χ2v) is 4.55. The number of aliphatic hydroxyl groups excluding tert-OH is 1. The minimum Gasteiger partial charge on any atom is -0.545 e. The summed E-state index contributed by atoms with van der Waals surface area (Å²) in [7, 11) is 4.26. The zero-order valence-electron chi connectivity index (χ0n) is 11.0. The molecule has 0 aliphatic rings. The van der Waals surface area contributed by atoms with E-state index in [1.54, 1.807) is 0 Å². The lowest BCUT2D eigenvalue weighted by molar-refractivity contribution is -0.903. The van der Waals surface area contributed by atoms with Gasteiger partial charge in [0.1, 0.15) is 13.1 Å². The van der Waals surface area contributed by atoms with Gasteiger partial charge in [-0.1, -0.05) is 36.9 Å². The monoisotopic (exact) mass is 251 g/mol. The summed E-state index contributed by atoms with van der Waals surface area (Å²) in [5.74, 6) is -1.23. The maximum Gasteiger partial charge on any atom is 0.104 e. The van der Waals surface area contributed by atoms with Crippen LogP contribution in [0.3, 0.4) is 0 Å². The van der Waals surface area contributed by atoms with Crippen LogP contribution < -0.4 is 5.11 Å². The van der Waals surface area contributed by atoms with E-state index < -0.39 is 5.97 Å². The lowest BCUT2D eigenvalue weighted by Gasteiger charge is -2.28. The molecule has 18 heavy (non-hydrogen) atoms. The Bertz CT molecular complexity index is 361. The van der Waals surface area contributed by atoms with Gasteiger partial charge in [0.25, 0.3) is 0 Å². The van der Waals surface area contributed by atoms with Crippen molar-refractivity contribution in [3.63, 3.8) is 0 Å². The van der Waals surface area contributed by atoms with Crippen molar-refractivity contribution >= 4 is 5.97 Å². The first-order valence-corrected chi connectivity index (χ1v) is 5.71. The van der Waals surface area contributed by atoms with E-state index in [9.17, 15) is 0 Å². The molecule has 0 saturated carbocycles. The first kappa shape index (κ1) is 16.4. The topological polar surface area (TPSA) is 60.4 Å². The second-order valence-electron chi connectivity index (χ2n) is 4.55. The third-order valence-corrected chi connectivity index (χ3v) is 2.33. The van der Waals surface area contributed by atoms with Gasteiger partial charge < -0.3 is 19.5 Å². The quantitative estimate of drug-likeness (QED) is 0.600. The van der Waals surface area contributed by atoms with Gasteiger partial charge in [-0.05, 0) is 6.08 Å². The molecule has 0 spiro atoms. The van der Waals surface area contributed by atoms with Gasteiger partial charge in [0.2, 0.25) is 0 Å². The highest BCUT2D eigenvalue weighted by molar-refractivity contribution is 5.76. The fourth-order valence-corrected chi connectivity index (χ4v) is 1.43. The van der Waals surface area contributed by atoms with Crippen LogP contribution in [0.25, 0.3) is 0 Å². The Kier molecular flexibility index (Phi) is 7.67. The van der Waals surface area contributed by atoms with Crippen LogP contribution in [0.1, 0.15) is 5.56 Å². The van der Waals surface area contributed by atoms with Crippen LogP contribution in [0.15, 0.2) is 43.0 Å². The Balaban J connectivity index is 0.000000494. The van der Waals surface area contributed by atoms with Crippen LogP contribution in [0.5, 0.6) is 0 Å². The summed E-state index contributed by atoms with van der Waals surface area (Å²) in [4.78, 5) is 9.14. The molecule has 0 aromatic heterocycles. The average molecular weight is 251 g/mol. The molecule has 0 atom stereocenters. The van der Waals surface area contributed by atoms with E-state index in [-0.39, 0.29) is 6.61 Å². The minimum atomic E-state index is -1.23. The number of aliphatic carboxylic acids is 1. The Morgan fingerprint density at radius 3 is 2.28 bits per heavy atom. The zero-order valence-corrected chi connectivity index (χ0v) is 11.0. The molecule has 1 aromatic rings. The Hall–Kier alpha value is -1.65. The van der Waals surface area contributed by atoms with Gasteiger partial charge >= 0.3 is 0 Å². The summed E-state index contributed by atoms with van der Waals surface area (Å²) in [6, 6.07) is 10.4. The van der Waals surface area contributed by atoms with Crippen molar-refractivity contribution in [1.82, 2.24) is 0 Å². The molecule has 0 aliphatic heterocycles. The molecule has 0 saturated heterocycles. The third-order valence-electron chi connectivity index (χ3n) is 2.33. The number of likely N-dealkylation sites (N-methyl/N-ethyl adjacent to an activating group) is 1. The van der Waals surface area contributed by atoms with Crippen molar-refractivity contribution in [2.45, 2.75) is 6.54 Å². The fourth-order valence-electron chi connectivity index (χ4n) is 1.43. The van der Waals surface area contributed by atoms with E-state index in [0.29, 0.717) is 0 Å². The summed E-state index contributed by atoms with van der Waals surface area (Å²) < 4.78 is 0.834. The highest BCUT2D eigenvalue weighted by Crippen LogP contribution is 2.07. The predicted molar refractivity (Wildman–Crippen MR) is 69.4 cm³/mol. The minimum absolute atomic E-state index is 0.250. The number of carboxylic acid groups (broad SMARTS) is 1. The maximum atomic E-state index is 9.14. The van der Waals surface area contributed by atoms with Gasteiger partial charge in [0.15, 0.2) is 0 Å². The molecule has 0 amide bonds. The SMILES string of the molecule is C=CC(=O)[O-].C[N+](C)(CCO)Cc1ccccc1. The van der Waals surface area contributed by atoms with Crippen molar-refractivity contribution in [2.75, 3.05) is 27.2 Å². The number of carbonyl (C=O) groups is 1. The first-order valence-electron chi connectivity index (χ1n) is 5.71. The highest BCUT2D eigenvalue weighted by atomic mass is 16.4. The molecule has 0 bridgehead atoms. The first-order chi connectivity index (χ1) is 8.41. The Morgan fingerprint density at radius 2 is 1.89 bits per heavy atom. The lowest BCUT2D eigenvalue weighted by atomic mass is 10.2. The molecular weight excluding hydrogens is 230 g/mol. The van der Waals surface area contributed by atoms with Gasteiger partial charge in [0.05, 0.1) is 26.7 Å². The summed E-state index contributed by atoms with van der Waals surface area (Å²) in [6.45, 7) is 4.92. The molecule has 4 heteroatoms. The van der Waals surface area contributed by atoms with Crippen molar-refractivity contribution in [1.29, 1.82) is 0 Å². The number of hydrogen-bond donors (Lipinski definition) is 1. The molecule has 0 heterocycles. The number of carbonyl (C=O) groups excluding carboxylic acids is 1. The van der Waals surface area contributed by atoms with E-state index >= 15 is 0 Å². The second kappa shape index (κ2) is 8.44. The van der Waals surface area contributed by atoms with Gasteiger partial charge in [-0.25, -0.2) is 0 Å². The Morgan fingerprint density at radius 1 is 1.39 bits per heavy atom. The van der Waals surface area contributed by atoms with Gasteiger partial charge in [-0.15, -0.1) is 0 Å². The number of aliphatic hydroxyl groups is 1. The standard InChI is InChI=1S/C11H18NO.C3H4O2/c1-12(2,8-9-13)10-11-6-4-3-5-7-11;1-2-3(4)5/h3-7,13H,8-10H2,1-2H3;2H,1H2,(H,4,5)/q+1;/p-1. The van der Waals surface area contributed by atoms with E-state index in [4.69, 9.17) is 15.0 Å². The third kappa shape index (κ3) is 8.50. The van der Waals surface area contributed by atoms with E-state index in [1.807, 2.05) is 18.2 Å². The van der Waals surface area contributed by atoms with E-state index in [2.05, 4.69) is 32.8 Å². The van der Waals surface area contributed by atoms with Crippen LogP contribution in [-0.2, 0) is 11.3 Å². The summed E-state index contributed by atoms with van der Waals surface area (Å²) in [6.07, 6.45) is 0.722. The number of nitrogens with zero attached hydrogens (tertiary/aromatic N) is 1. The molecule has 0 unspecified atom stereocenters. The van der Waals surface area contributed by atoms with Crippen molar-refractivity contribution in [3.8, 4) is 0 Å². The summed E-state index contributed by atoms with van der Waals surface area (Å²) in [5.41, 5.74) is 1.32. The molecule has 1 rings (SSSR count). The van der Waals surface area contributed by atoms with Crippen LogP contribution in [0.4, 0.5) is 0 Å². The van der Waals surface area contributed by atoms with Gasteiger partial charge in [-0.2, -0.15) is 0 Å². The number of rotatable bonds is 5. The van der Waals surface area contributed by atoms with Crippen LogP contribution in [0.2, 0.25) is 0 Å². The maximum absolute atomic E-state index is 9.14. The molecule has 0 radical (unpaired) electrons. The largest absolute Gasteiger partial charge is 0.545 e. The molecule has 100 valence electrons. The van der Waals surface area contributed by atoms with Crippen molar-refractivity contribution < 1.29 is 19.5 Å². The lowest BCUT2D eigenvalue weighted by Crippen LogP contribution is -2.40. The number of benzene rings is 1. The smallest absolute Gasteiger partial charge is 0.104 e. The van der Waals surface area contributed by atoms with Gasteiger partial charge in [-0.3, -0.25) is 0 Å². The van der Waals surface area contributed by atoms with E-state index in [1.165, 1.54) is 5.56 Å². The normalized spacial score (nSPS) is 10.2. The number of carboxylic acids is 1. The van der Waals surface area contributed by atoms with Crippen LogP contribution in [-0.4, -0.2) is 42.8 Å². The molecule has 4 nitrogen and oxygen atoms in total. The highest BCUT2D eigenvalue weighted by Gasteiger charge is 2.13. The van der Waals surface area contributed by atoms with Crippen LogP contribution in [0, 0.1) is 0 Å². The fraction of sp³-hybridized carbons (Fsp3) is 0.357. The molecule has 1 N–H and O–H groups in total.